The fourth-order valence-electron chi connectivity index (χ4n) is 7.19. The van der Waals surface area contributed by atoms with Crippen LogP contribution in [0, 0.1) is 0 Å². The number of esters is 2. The van der Waals surface area contributed by atoms with Crippen LogP contribution < -0.4 is 0 Å². The second-order valence-electron chi connectivity index (χ2n) is 17.6. The van der Waals surface area contributed by atoms with E-state index < -0.39 is 6.10 Å². The number of hydrogen-bond donors (Lipinski definition) is 1. The minimum Gasteiger partial charge on any atom is -0.462 e. The van der Waals surface area contributed by atoms with Gasteiger partial charge in [-0.2, -0.15) is 0 Å². The molecule has 0 fully saturated rings. The largest absolute Gasteiger partial charge is 0.462 e. The van der Waals surface area contributed by atoms with E-state index in [9.17, 15) is 14.7 Å². The Morgan fingerprint density at radius 2 is 0.652 bits per heavy atom. The maximum atomic E-state index is 12.3. The summed E-state index contributed by atoms with van der Waals surface area (Å²) in [6.07, 6.45) is 81.5. The predicted octanol–water partition coefficient (Wildman–Crippen LogP) is 18.3. The number of rotatable bonds is 48. The molecule has 0 aromatic rings. The first kappa shape index (κ1) is 62.3. The van der Waals surface area contributed by atoms with Gasteiger partial charge in [0.2, 0.25) is 0 Å². The first-order valence-corrected chi connectivity index (χ1v) is 27.1. The quantitative estimate of drug-likeness (QED) is 0.0374. The second kappa shape index (κ2) is 55.6. The fourth-order valence-corrected chi connectivity index (χ4v) is 7.19. The van der Waals surface area contributed by atoms with Crippen molar-refractivity contribution in [3.05, 3.63) is 122 Å². The lowest BCUT2D eigenvalue weighted by Crippen LogP contribution is -2.28. The summed E-state index contributed by atoms with van der Waals surface area (Å²) in [5, 5.41) is 9.64. The highest BCUT2D eigenvalue weighted by molar-refractivity contribution is 5.70. The zero-order valence-corrected chi connectivity index (χ0v) is 42.7. The van der Waals surface area contributed by atoms with Crippen LogP contribution in [0.25, 0.3) is 0 Å². The van der Waals surface area contributed by atoms with Crippen LogP contribution in [0.3, 0.4) is 0 Å². The van der Waals surface area contributed by atoms with Crippen molar-refractivity contribution in [3.63, 3.8) is 0 Å². The smallest absolute Gasteiger partial charge is 0.306 e. The van der Waals surface area contributed by atoms with Crippen molar-refractivity contribution in [3.8, 4) is 0 Å². The van der Waals surface area contributed by atoms with E-state index in [2.05, 4.69) is 135 Å². The highest BCUT2D eigenvalue weighted by Gasteiger charge is 2.16. The Hall–Kier alpha value is -3.70. The summed E-state index contributed by atoms with van der Waals surface area (Å²) in [4.78, 5) is 24.5. The highest BCUT2D eigenvalue weighted by atomic mass is 16.6. The molecule has 0 rings (SSSR count). The van der Waals surface area contributed by atoms with Gasteiger partial charge < -0.3 is 14.6 Å². The van der Waals surface area contributed by atoms with Crippen LogP contribution in [-0.4, -0.2) is 36.4 Å². The molecule has 0 spiro atoms. The molecular formula is C61H100O5. The third-order valence-corrected chi connectivity index (χ3v) is 11.2. The maximum absolute atomic E-state index is 12.3. The SMILES string of the molecule is CC/C=C\C/C=C\C/C=C\C/C=C\C/C=C\C/C=C\C/C=C\CCCCCCCCCC(=O)OC(CO)COC(=O)CCCCCCCCCC/C=C\C/C=C\C/C=C\CCCCCCC. The first-order valence-electron chi connectivity index (χ1n) is 27.1. The minimum absolute atomic E-state index is 0.0817. The molecule has 1 unspecified atom stereocenters. The van der Waals surface area contributed by atoms with Gasteiger partial charge in [0, 0.05) is 12.8 Å². The lowest BCUT2D eigenvalue weighted by Gasteiger charge is -2.15. The molecule has 0 saturated carbocycles. The number of ether oxygens (including phenoxy) is 2. The zero-order chi connectivity index (χ0) is 47.7. The van der Waals surface area contributed by atoms with E-state index in [-0.39, 0.29) is 25.2 Å². The average Bonchev–Trinajstić information content (AvgIpc) is 3.32. The monoisotopic (exact) mass is 913 g/mol. The molecule has 1 atom stereocenters. The summed E-state index contributed by atoms with van der Waals surface area (Å²) in [5.74, 6) is -0.618. The van der Waals surface area contributed by atoms with Crippen LogP contribution in [-0.2, 0) is 19.1 Å². The number of aliphatic hydroxyl groups excluding tert-OH is 1. The molecule has 5 heteroatoms. The lowest BCUT2D eigenvalue weighted by molar-refractivity contribution is -0.161. The number of aliphatic hydroxyl groups is 1. The molecule has 0 aliphatic heterocycles. The Labute approximate surface area is 407 Å². The van der Waals surface area contributed by atoms with Gasteiger partial charge in [0.25, 0.3) is 0 Å². The van der Waals surface area contributed by atoms with Gasteiger partial charge in [-0.15, -0.1) is 0 Å². The summed E-state index contributed by atoms with van der Waals surface area (Å²) < 4.78 is 10.7. The summed E-state index contributed by atoms with van der Waals surface area (Å²) in [7, 11) is 0. The van der Waals surface area contributed by atoms with Crippen LogP contribution in [0.2, 0.25) is 0 Å². The van der Waals surface area contributed by atoms with Crippen molar-refractivity contribution < 1.29 is 24.2 Å². The van der Waals surface area contributed by atoms with E-state index in [1.165, 1.54) is 96.3 Å². The average molecular weight is 913 g/mol. The van der Waals surface area contributed by atoms with Crippen molar-refractivity contribution in [1.29, 1.82) is 0 Å². The zero-order valence-electron chi connectivity index (χ0n) is 42.7. The lowest BCUT2D eigenvalue weighted by atomic mass is 10.1. The van der Waals surface area contributed by atoms with Gasteiger partial charge in [0.15, 0.2) is 6.10 Å². The number of unbranched alkanes of at least 4 members (excludes halogenated alkanes) is 20. The maximum Gasteiger partial charge on any atom is 0.306 e. The summed E-state index contributed by atoms with van der Waals surface area (Å²) in [6, 6.07) is 0. The van der Waals surface area contributed by atoms with Gasteiger partial charge in [-0.05, 0) is 109 Å². The molecule has 0 aromatic carbocycles. The normalized spacial score (nSPS) is 13.2. The Morgan fingerprint density at radius 3 is 0.985 bits per heavy atom. The van der Waals surface area contributed by atoms with Crippen LogP contribution in [0.15, 0.2) is 122 Å². The van der Waals surface area contributed by atoms with Crippen LogP contribution in [0.1, 0.15) is 232 Å². The molecule has 66 heavy (non-hydrogen) atoms. The van der Waals surface area contributed by atoms with Gasteiger partial charge in [0.05, 0.1) is 6.61 Å². The number of hydrogen-bond acceptors (Lipinski definition) is 5. The predicted molar refractivity (Wildman–Crippen MR) is 288 cm³/mol. The van der Waals surface area contributed by atoms with Crippen molar-refractivity contribution in [2.24, 2.45) is 0 Å². The molecule has 0 bridgehead atoms. The van der Waals surface area contributed by atoms with Gasteiger partial charge in [0.1, 0.15) is 6.61 Å². The summed E-state index contributed by atoms with van der Waals surface area (Å²) in [5.41, 5.74) is 0. The molecule has 0 saturated heterocycles. The van der Waals surface area contributed by atoms with E-state index in [0.717, 1.165) is 109 Å². The minimum atomic E-state index is -0.791. The fraction of sp³-hybridized carbons (Fsp3) is 0.639. The first-order chi connectivity index (χ1) is 32.6. The standard InChI is InChI=1S/C61H100O5/c1-3-5-7-9-11-13-15-17-19-21-23-25-27-28-29-30-31-32-34-36-38-40-42-44-46-48-50-52-54-56-61(64)66-59(57-62)58-65-60(63)55-53-51-49-47-45-43-41-39-37-35-33-26-24-22-20-18-16-14-12-10-8-6-4-2/h5,7,11,13,16-19,22-25,28-29,31-33,35-36,38,59,62H,3-4,6,8-10,12,14-15,20-21,26-27,30,34,37,39-58H2,1-2H3/b7-5-,13-11-,18-16-,19-17-,24-22-,25-23-,29-28-,32-31-,35-33-,38-36-. The van der Waals surface area contributed by atoms with Crippen molar-refractivity contribution in [2.75, 3.05) is 13.2 Å². The van der Waals surface area contributed by atoms with E-state index in [1.807, 2.05) is 0 Å². The summed E-state index contributed by atoms with van der Waals surface area (Å²) >= 11 is 0. The van der Waals surface area contributed by atoms with Gasteiger partial charge in [-0.25, -0.2) is 0 Å². The molecule has 0 aromatic heterocycles. The van der Waals surface area contributed by atoms with E-state index >= 15 is 0 Å². The second-order valence-corrected chi connectivity index (χ2v) is 17.6. The Morgan fingerprint density at radius 1 is 0.364 bits per heavy atom. The Kier molecular flexibility index (Phi) is 52.5. The van der Waals surface area contributed by atoms with Crippen LogP contribution in [0.4, 0.5) is 0 Å². The third-order valence-electron chi connectivity index (χ3n) is 11.2. The number of carbonyl (C=O) groups is 2. The number of carbonyl (C=O) groups excluding carboxylic acids is 2. The number of allylic oxidation sites excluding steroid dienone is 20. The summed E-state index contributed by atoms with van der Waals surface area (Å²) in [6.45, 7) is 4.00. The Balaban J connectivity index is 3.61. The molecule has 0 radical (unpaired) electrons. The van der Waals surface area contributed by atoms with Crippen LogP contribution >= 0.6 is 0 Å². The van der Waals surface area contributed by atoms with Crippen molar-refractivity contribution >= 4 is 11.9 Å². The van der Waals surface area contributed by atoms with Gasteiger partial charge >= 0.3 is 11.9 Å². The molecular weight excluding hydrogens is 813 g/mol. The highest BCUT2D eigenvalue weighted by Crippen LogP contribution is 2.14. The van der Waals surface area contributed by atoms with Gasteiger partial charge in [-0.3, -0.25) is 9.59 Å². The molecule has 0 aliphatic rings. The van der Waals surface area contributed by atoms with Gasteiger partial charge in [-0.1, -0.05) is 232 Å². The molecule has 0 aliphatic carbocycles. The molecule has 374 valence electrons. The Bertz CT molecular complexity index is 1350. The van der Waals surface area contributed by atoms with E-state index in [4.69, 9.17) is 9.47 Å². The molecule has 0 heterocycles. The molecule has 5 nitrogen and oxygen atoms in total. The topological polar surface area (TPSA) is 72.8 Å². The van der Waals surface area contributed by atoms with Crippen LogP contribution in [0.5, 0.6) is 0 Å². The van der Waals surface area contributed by atoms with E-state index in [0.29, 0.717) is 12.8 Å². The van der Waals surface area contributed by atoms with E-state index in [1.54, 1.807) is 0 Å². The molecule has 1 N–H and O–H groups in total. The third kappa shape index (κ3) is 52.9. The van der Waals surface area contributed by atoms with Crippen molar-refractivity contribution in [1.82, 2.24) is 0 Å². The molecule has 0 amide bonds. The van der Waals surface area contributed by atoms with Crippen molar-refractivity contribution in [2.45, 2.75) is 238 Å².